The van der Waals surface area contributed by atoms with Crippen LogP contribution in [0.15, 0.2) is 37.5 Å². The number of cyclic esters (lactones) is 1. The van der Waals surface area contributed by atoms with E-state index in [9.17, 15) is 4.79 Å². The molecule has 14 heavy (non-hydrogen) atoms. The first-order chi connectivity index (χ1) is 6.56. The molecule has 2 unspecified atom stereocenters. The van der Waals surface area contributed by atoms with Crippen molar-refractivity contribution >= 4 is 5.97 Å². The molecule has 2 atom stereocenters. The maximum Gasteiger partial charge on any atom is 0.331 e. The Morgan fingerprint density at radius 1 is 1.36 bits per heavy atom. The molecule has 0 radical (unpaired) electrons. The summed E-state index contributed by atoms with van der Waals surface area (Å²) in [5, 5.41) is 0. The van der Waals surface area contributed by atoms with Crippen molar-refractivity contribution in [2.45, 2.75) is 19.4 Å². The van der Waals surface area contributed by atoms with Gasteiger partial charge in [-0.25, -0.2) is 4.79 Å². The molecular weight excluding hydrogens is 176 g/mol. The molecule has 0 saturated carbocycles. The van der Waals surface area contributed by atoms with Gasteiger partial charge in [-0.2, -0.15) is 0 Å². The molecule has 1 rings (SSSR count). The number of esters is 1. The van der Waals surface area contributed by atoms with Gasteiger partial charge in [0.15, 0.2) is 0 Å². The fourth-order valence-corrected chi connectivity index (χ4v) is 1.71. The van der Waals surface area contributed by atoms with Crippen LogP contribution >= 0.6 is 0 Å². The molecule has 0 aromatic heterocycles. The minimum absolute atomic E-state index is 0.0817. The van der Waals surface area contributed by atoms with Gasteiger partial charge >= 0.3 is 5.97 Å². The van der Waals surface area contributed by atoms with E-state index in [0.29, 0.717) is 0 Å². The lowest BCUT2D eigenvalue weighted by atomic mass is 9.79. The SMILES string of the molecule is C=CC(C)C1(C(C)C=C)C=CC(=O)O1. The molecular formula is C12H16O2. The van der Waals surface area contributed by atoms with Crippen molar-refractivity contribution in [1.29, 1.82) is 0 Å². The van der Waals surface area contributed by atoms with Crippen molar-refractivity contribution < 1.29 is 9.53 Å². The van der Waals surface area contributed by atoms with Crippen LogP contribution in [0, 0.1) is 11.8 Å². The zero-order chi connectivity index (χ0) is 10.8. The van der Waals surface area contributed by atoms with Gasteiger partial charge in [0.25, 0.3) is 0 Å². The van der Waals surface area contributed by atoms with E-state index < -0.39 is 5.60 Å². The Bertz CT molecular complexity index is 275. The van der Waals surface area contributed by atoms with Crippen LogP contribution in [0.5, 0.6) is 0 Å². The number of hydrogen-bond acceptors (Lipinski definition) is 2. The van der Waals surface area contributed by atoms with E-state index in [1.54, 1.807) is 12.2 Å². The molecule has 0 amide bonds. The molecule has 1 aliphatic heterocycles. The molecule has 2 heteroatoms. The van der Waals surface area contributed by atoms with Crippen molar-refractivity contribution in [3.63, 3.8) is 0 Å². The molecule has 1 aliphatic rings. The predicted octanol–water partition coefficient (Wildman–Crippen LogP) is 2.48. The van der Waals surface area contributed by atoms with Crippen molar-refractivity contribution in [3.8, 4) is 0 Å². The summed E-state index contributed by atoms with van der Waals surface area (Å²) in [6.45, 7) is 11.4. The maximum absolute atomic E-state index is 11.1. The molecule has 2 nitrogen and oxygen atoms in total. The molecule has 0 aromatic carbocycles. The average molecular weight is 192 g/mol. The van der Waals surface area contributed by atoms with E-state index in [0.717, 1.165) is 0 Å². The van der Waals surface area contributed by atoms with E-state index in [2.05, 4.69) is 13.2 Å². The van der Waals surface area contributed by atoms with E-state index in [1.807, 2.05) is 19.9 Å². The van der Waals surface area contributed by atoms with Gasteiger partial charge in [-0.15, -0.1) is 13.2 Å². The summed E-state index contributed by atoms with van der Waals surface area (Å²) in [5.74, 6) is -0.121. The van der Waals surface area contributed by atoms with Crippen LogP contribution in [0.4, 0.5) is 0 Å². The van der Waals surface area contributed by atoms with Crippen molar-refractivity contribution in [1.82, 2.24) is 0 Å². The minimum Gasteiger partial charge on any atom is -0.450 e. The van der Waals surface area contributed by atoms with Crippen LogP contribution in [0.1, 0.15) is 13.8 Å². The van der Waals surface area contributed by atoms with Crippen molar-refractivity contribution in [3.05, 3.63) is 37.5 Å². The lowest BCUT2D eigenvalue weighted by Crippen LogP contribution is -2.40. The second-order valence-electron chi connectivity index (χ2n) is 3.66. The molecule has 0 fully saturated rings. The Labute approximate surface area is 85.0 Å². The Hall–Kier alpha value is -1.31. The number of rotatable bonds is 4. The molecule has 1 heterocycles. The zero-order valence-corrected chi connectivity index (χ0v) is 8.69. The maximum atomic E-state index is 11.1. The third-order valence-electron chi connectivity index (χ3n) is 2.89. The van der Waals surface area contributed by atoms with Gasteiger partial charge in [0.1, 0.15) is 5.60 Å². The normalized spacial score (nSPS) is 29.4. The Kier molecular flexibility index (Phi) is 2.94. The lowest BCUT2D eigenvalue weighted by molar-refractivity contribution is -0.150. The van der Waals surface area contributed by atoms with Gasteiger partial charge in [-0.05, 0) is 6.08 Å². The smallest absolute Gasteiger partial charge is 0.331 e. The van der Waals surface area contributed by atoms with Crippen LogP contribution in [0.25, 0.3) is 0 Å². The van der Waals surface area contributed by atoms with Gasteiger partial charge in [-0.3, -0.25) is 0 Å². The molecule has 0 bridgehead atoms. The quantitative estimate of drug-likeness (QED) is 0.505. The Morgan fingerprint density at radius 2 is 1.86 bits per heavy atom. The largest absolute Gasteiger partial charge is 0.450 e. The van der Waals surface area contributed by atoms with E-state index >= 15 is 0 Å². The minimum atomic E-state index is -0.583. The van der Waals surface area contributed by atoms with Gasteiger partial charge in [0.2, 0.25) is 0 Å². The number of carbonyl (C=O) groups excluding carboxylic acids is 1. The number of carbonyl (C=O) groups is 1. The van der Waals surface area contributed by atoms with Crippen LogP contribution in [0.2, 0.25) is 0 Å². The van der Waals surface area contributed by atoms with Gasteiger partial charge in [0.05, 0.1) is 0 Å². The molecule has 0 N–H and O–H groups in total. The summed E-state index contributed by atoms with van der Waals surface area (Å²) in [4.78, 5) is 11.1. The second kappa shape index (κ2) is 3.82. The zero-order valence-electron chi connectivity index (χ0n) is 8.69. The fraction of sp³-hybridized carbons (Fsp3) is 0.417. The third-order valence-corrected chi connectivity index (χ3v) is 2.89. The number of ether oxygens (including phenoxy) is 1. The standard InChI is InChI=1S/C12H16O2/c1-5-9(3)12(10(4)6-2)8-7-11(13)14-12/h5-10H,1-2H2,3-4H3. The highest BCUT2D eigenvalue weighted by Gasteiger charge is 2.43. The highest BCUT2D eigenvalue weighted by Crippen LogP contribution is 2.37. The Balaban J connectivity index is 3.03. The second-order valence-corrected chi connectivity index (χ2v) is 3.66. The van der Waals surface area contributed by atoms with Crippen LogP contribution < -0.4 is 0 Å². The number of hydrogen-bond donors (Lipinski definition) is 0. The first kappa shape index (κ1) is 10.8. The van der Waals surface area contributed by atoms with Crippen LogP contribution in [0.3, 0.4) is 0 Å². The fourth-order valence-electron chi connectivity index (χ4n) is 1.71. The first-order valence-corrected chi connectivity index (χ1v) is 4.74. The predicted molar refractivity (Wildman–Crippen MR) is 56.7 cm³/mol. The lowest BCUT2D eigenvalue weighted by Gasteiger charge is -2.35. The van der Waals surface area contributed by atoms with Gasteiger partial charge < -0.3 is 4.74 Å². The van der Waals surface area contributed by atoms with E-state index in [-0.39, 0.29) is 17.8 Å². The van der Waals surface area contributed by atoms with Gasteiger partial charge in [-0.1, -0.05) is 26.0 Å². The topological polar surface area (TPSA) is 26.3 Å². The third kappa shape index (κ3) is 1.52. The molecule has 0 aliphatic carbocycles. The Morgan fingerprint density at radius 3 is 2.14 bits per heavy atom. The summed E-state index contributed by atoms with van der Waals surface area (Å²) in [7, 11) is 0. The molecule has 0 aromatic rings. The summed E-state index contributed by atoms with van der Waals surface area (Å²) in [6, 6.07) is 0. The highest BCUT2D eigenvalue weighted by molar-refractivity contribution is 5.85. The first-order valence-electron chi connectivity index (χ1n) is 4.74. The van der Waals surface area contributed by atoms with Crippen LogP contribution in [-0.2, 0) is 9.53 Å². The summed E-state index contributed by atoms with van der Waals surface area (Å²) in [5.41, 5.74) is -0.583. The van der Waals surface area contributed by atoms with Crippen molar-refractivity contribution in [2.75, 3.05) is 0 Å². The van der Waals surface area contributed by atoms with Crippen LogP contribution in [-0.4, -0.2) is 11.6 Å². The molecule has 76 valence electrons. The summed E-state index contributed by atoms with van der Waals surface area (Å²) in [6.07, 6.45) is 6.87. The molecule has 0 saturated heterocycles. The summed E-state index contributed by atoms with van der Waals surface area (Å²) >= 11 is 0. The van der Waals surface area contributed by atoms with Gasteiger partial charge in [0, 0.05) is 17.9 Å². The van der Waals surface area contributed by atoms with Crippen molar-refractivity contribution in [2.24, 2.45) is 11.8 Å². The average Bonchev–Trinajstić information content (AvgIpc) is 2.59. The summed E-state index contributed by atoms with van der Waals surface area (Å²) < 4.78 is 5.36. The molecule has 0 spiro atoms. The van der Waals surface area contributed by atoms with E-state index in [1.165, 1.54) is 6.08 Å². The van der Waals surface area contributed by atoms with E-state index in [4.69, 9.17) is 4.74 Å². The monoisotopic (exact) mass is 192 g/mol. The highest BCUT2D eigenvalue weighted by atomic mass is 16.6.